The number of hydrogen-bond donors (Lipinski definition) is 0. The van der Waals surface area contributed by atoms with Gasteiger partial charge in [0, 0.05) is 17.4 Å². The van der Waals surface area contributed by atoms with Crippen LogP contribution in [0.1, 0.15) is 44.6 Å². The predicted molar refractivity (Wildman–Crippen MR) is 107 cm³/mol. The van der Waals surface area contributed by atoms with E-state index in [0.29, 0.717) is 11.8 Å². The molecule has 1 aromatic heterocycles. The first-order chi connectivity index (χ1) is 13.2. The third-order valence-electron chi connectivity index (χ3n) is 6.11. The molecule has 4 atom stereocenters. The Morgan fingerprint density at radius 2 is 2.00 bits per heavy atom. The van der Waals surface area contributed by atoms with Gasteiger partial charge in [-0.25, -0.2) is 0 Å². The standard InChI is InChI=1S/C23H27NO3/c1-4-9-19-17-13-8-10-15(2)20(17)21-22(27-19)18(14-24(26-3)23(21)25)16-11-6-5-7-12-16/h4-7,9,11-12,14-15,17,19-20H,8,10,13H2,1-3H3/b9-4+/t15-,17+,19+,20+/m1/s1. The minimum absolute atomic E-state index is 0.00973. The van der Waals surface area contributed by atoms with Gasteiger partial charge >= 0.3 is 0 Å². The summed E-state index contributed by atoms with van der Waals surface area (Å²) in [4.78, 5) is 18.6. The number of ether oxygens (including phenoxy) is 1. The van der Waals surface area contributed by atoms with Crippen molar-refractivity contribution in [1.82, 2.24) is 4.73 Å². The van der Waals surface area contributed by atoms with E-state index < -0.39 is 0 Å². The van der Waals surface area contributed by atoms with Crippen LogP contribution in [0.25, 0.3) is 11.1 Å². The molecule has 1 aliphatic heterocycles. The van der Waals surface area contributed by atoms with Crippen LogP contribution in [0.3, 0.4) is 0 Å². The van der Waals surface area contributed by atoms with Gasteiger partial charge in [0.2, 0.25) is 0 Å². The summed E-state index contributed by atoms with van der Waals surface area (Å²) in [5, 5.41) is 0. The van der Waals surface area contributed by atoms with Crippen LogP contribution in [0.4, 0.5) is 0 Å². The maximum absolute atomic E-state index is 13.2. The lowest BCUT2D eigenvalue weighted by molar-refractivity contribution is 0.0734. The van der Waals surface area contributed by atoms with E-state index in [0.717, 1.165) is 35.3 Å². The number of aromatic nitrogens is 1. The summed E-state index contributed by atoms with van der Waals surface area (Å²) < 4.78 is 7.86. The van der Waals surface area contributed by atoms with Crippen molar-refractivity contribution in [2.24, 2.45) is 11.8 Å². The van der Waals surface area contributed by atoms with E-state index in [1.165, 1.54) is 18.3 Å². The average molecular weight is 365 g/mol. The molecule has 0 unspecified atom stereocenters. The Kier molecular flexibility index (Phi) is 4.81. The number of benzene rings is 1. The average Bonchev–Trinajstić information content (AvgIpc) is 2.69. The summed E-state index contributed by atoms with van der Waals surface area (Å²) in [5.74, 6) is 1.71. The molecule has 1 aromatic carbocycles. The van der Waals surface area contributed by atoms with Crippen LogP contribution in [0.5, 0.6) is 5.75 Å². The number of pyridine rings is 1. The number of nitrogens with zero attached hydrogens (tertiary/aromatic N) is 1. The number of allylic oxidation sites excluding steroid dienone is 1. The number of fused-ring (bicyclic) bond motifs is 3. The van der Waals surface area contributed by atoms with Gasteiger partial charge in [-0.05, 0) is 30.9 Å². The number of hydrogen-bond acceptors (Lipinski definition) is 3. The third-order valence-corrected chi connectivity index (χ3v) is 6.11. The van der Waals surface area contributed by atoms with E-state index in [9.17, 15) is 4.79 Å². The van der Waals surface area contributed by atoms with Crippen molar-refractivity contribution in [1.29, 1.82) is 0 Å². The van der Waals surface area contributed by atoms with E-state index in [4.69, 9.17) is 9.57 Å². The molecule has 142 valence electrons. The fourth-order valence-corrected chi connectivity index (χ4v) is 4.89. The maximum atomic E-state index is 13.2. The highest BCUT2D eigenvalue weighted by molar-refractivity contribution is 5.72. The summed E-state index contributed by atoms with van der Waals surface area (Å²) in [6, 6.07) is 10.1. The van der Waals surface area contributed by atoms with Crippen LogP contribution in [-0.2, 0) is 0 Å². The molecule has 4 heteroatoms. The molecule has 1 aliphatic carbocycles. The summed E-state index contributed by atoms with van der Waals surface area (Å²) in [5.41, 5.74) is 2.64. The highest BCUT2D eigenvalue weighted by Crippen LogP contribution is 2.51. The lowest BCUT2D eigenvalue weighted by atomic mass is 9.66. The molecule has 0 saturated heterocycles. The molecule has 0 spiro atoms. The van der Waals surface area contributed by atoms with Gasteiger partial charge in [-0.3, -0.25) is 4.79 Å². The Labute approximate surface area is 160 Å². The van der Waals surface area contributed by atoms with E-state index in [-0.39, 0.29) is 17.6 Å². The van der Waals surface area contributed by atoms with Gasteiger partial charge in [0.05, 0.1) is 11.8 Å². The normalized spacial score (nSPS) is 26.9. The molecule has 2 aromatic rings. The maximum Gasteiger partial charge on any atom is 0.290 e. The van der Waals surface area contributed by atoms with E-state index in [1.54, 1.807) is 6.20 Å². The van der Waals surface area contributed by atoms with Crippen molar-refractivity contribution in [3.63, 3.8) is 0 Å². The topological polar surface area (TPSA) is 40.5 Å². The number of rotatable bonds is 3. The minimum Gasteiger partial charge on any atom is -0.485 e. The first kappa shape index (κ1) is 17.9. The van der Waals surface area contributed by atoms with Crippen molar-refractivity contribution < 1.29 is 9.57 Å². The second-order valence-electron chi connectivity index (χ2n) is 7.67. The molecule has 0 amide bonds. The van der Waals surface area contributed by atoms with Gasteiger partial charge in [-0.2, -0.15) is 4.73 Å². The van der Waals surface area contributed by atoms with Crippen molar-refractivity contribution >= 4 is 0 Å². The van der Waals surface area contributed by atoms with Crippen LogP contribution >= 0.6 is 0 Å². The van der Waals surface area contributed by atoms with E-state index in [2.05, 4.69) is 19.1 Å². The van der Waals surface area contributed by atoms with Crippen LogP contribution in [0, 0.1) is 11.8 Å². The molecule has 4 rings (SSSR count). The predicted octanol–water partition coefficient (Wildman–Crippen LogP) is 4.43. The smallest absolute Gasteiger partial charge is 0.290 e. The summed E-state index contributed by atoms with van der Waals surface area (Å²) in [6.45, 7) is 4.30. The third kappa shape index (κ3) is 2.97. The highest BCUT2D eigenvalue weighted by Gasteiger charge is 2.44. The van der Waals surface area contributed by atoms with Crippen LogP contribution in [0.2, 0.25) is 0 Å². The van der Waals surface area contributed by atoms with Gasteiger partial charge in [0.25, 0.3) is 5.56 Å². The molecule has 2 heterocycles. The zero-order valence-electron chi connectivity index (χ0n) is 16.2. The van der Waals surface area contributed by atoms with Crippen molar-refractivity contribution in [2.75, 3.05) is 7.11 Å². The van der Waals surface area contributed by atoms with Crippen molar-refractivity contribution in [3.05, 3.63) is 64.6 Å². The van der Waals surface area contributed by atoms with Gasteiger partial charge in [0.1, 0.15) is 19.0 Å². The quantitative estimate of drug-likeness (QED) is 0.756. The largest absolute Gasteiger partial charge is 0.485 e. The second kappa shape index (κ2) is 7.26. The molecular formula is C23H27NO3. The molecule has 2 aliphatic rings. The zero-order valence-corrected chi connectivity index (χ0v) is 16.2. The monoisotopic (exact) mass is 365 g/mol. The lowest BCUT2D eigenvalue weighted by Crippen LogP contribution is -2.44. The van der Waals surface area contributed by atoms with Crippen LogP contribution in [0.15, 0.2) is 53.5 Å². The van der Waals surface area contributed by atoms with Gasteiger partial charge in [-0.1, -0.05) is 56.2 Å². The molecule has 27 heavy (non-hydrogen) atoms. The molecule has 0 N–H and O–H groups in total. The van der Waals surface area contributed by atoms with Crippen LogP contribution in [-0.4, -0.2) is 17.9 Å². The Hall–Kier alpha value is -2.49. The Balaban J connectivity index is 1.99. The first-order valence-electron chi connectivity index (χ1n) is 9.84. The molecule has 1 fully saturated rings. The van der Waals surface area contributed by atoms with Gasteiger partial charge < -0.3 is 9.57 Å². The van der Waals surface area contributed by atoms with Crippen molar-refractivity contribution in [3.8, 4) is 16.9 Å². The molecular weight excluding hydrogens is 338 g/mol. The molecule has 1 saturated carbocycles. The Bertz CT molecular complexity index is 900. The molecule has 0 bridgehead atoms. The molecule has 4 nitrogen and oxygen atoms in total. The summed E-state index contributed by atoms with van der Waals surface area (Å²) in [6.07, 6.45) is 9.40. The van der Waals surface area contributed by atoms with Crippen LogP contribution < -0.4 is 15.1 Å². The van der Waals surface area contributed by atoms with Gasteiger partial charge in [0.15, 0.2) is 0 Å². The van der Waals surface area contributed by atoms with E-state index >= 15 is 0 Å². The fraction of sp³-hybridized carbons (Fsp3) is 0.435. The van der Waals surface area contributed by atoms with Crippen molar-refractivity contribution in [2.45, 2.75) is 45.1 Å². The Morgan fingerprint density at radius 1 is 1.22 bits per heavy atom. The Morgan fingerprint density at radius 3 is 2.70 bits per heavy atom. The summed E-state index contributed by atoms with van der Waals surface area (Å²) in [7, 11) is 1.54. The zero-order chi connectivity index (χ0) is 19.0. The highest BCUT2D eigenvalue weighted by atomic mass is 16.6. The minimum atomic E-state index is -0.0881. The fourth-order valence-electron chi connectivity index (χ4n) is 4.89. The SMILES string of the molecule is C/C=C/[C@@H]1Oc2c(-c3ccccc3)cn(OC)c(=O)c2[C@@H]2[C@H]1CCC[C@H]2C. The van der Waals surface area contributed by atoms with E-state index in [1.807, 2.05) is 37.3 Å². The molecule has 0 radical (unpaired) electrons. The lowest BCUT2D eigenvalue weighted by Gasteiger charge is -2.44. The first-order valence-corrected chi connectivity index (χ1v) is 9.84. The second-order valence-corrected chi connectivity index (χ2v) is 7.67. The van der Waals surface area contributed by atoms with Gasteiger partial charge in [-0.15, -0.1) is 0 Å². The summed E-state index contributed by atoms with van der Waals surface area (Å²) >= 11 is 0.